The van der Waals surface area contributed by atoms with Gasteiger partial charge in [0.25, 0.3) is 0 Å². The van der Waals surface area contributed by atoms with Crippen LogP contribution >= 0.6 is 0 Å². The van der Waals surface area contributed by atoms with Crippen LogP contribution in [0.15, 0.2) is 0 Å². The van der Waals surface area contributed by atoms with Crippen molar-refractivity contribution in [1.82, 2.24) is 0 Å². The minimum absolute atomic E-state index is 0.0278. The highest BCUT2D eigenvalue weighted by atomic mass is 16.3. The number of hydrogen-bond acceptors (Lipinski definition) is 8. The maximum atomic E-state index is 9.03. The zero-order chi connectivity index (χ0) is 24.3. The lowest BCUT2D eigenvalue weighted by Gasteiger charge is -2.17. The molecule has 3 atom stereocenters. The molecule has 0 rings (SSSR count). The Morgan fingerprint density at radius 3 is 1.14 bits per heavy atom. The number of hydrogen-bond donors (Lipinski definition) is 8. The molecule has 0 aliphatic rings. The van der Waals surface area contributed by atoms with E-state index in [1.807, 2.05) is 13.8 Å². The maximum Gasteiger partial charge on any atom is 0.0616 e. The van der Waals surface area contributed by atoms with Gasteiger partial charge in [0.15, 0.2) is 0 Å². The molecule has 0 fully saturated rings. The van der Waals surface area contributed by atoms with Gasteiger partial charge < -0.3 is 40.9 Å². The highest BCUT2D eigenvalue weighted by Gasteiger charge is 2.14. The van der Waals surface area contributed by atoms with Gasteiger partial charge in [-0.1, -0.05) is 34.6 Å². The van der Waals surface area contributed by atoms with Crippen molar-refractivity contribution in [2.24, 2.45) is 17.3 Å². The molecule has 0 aromatic heterocycles. The first-order valence-corrected chi connectivity index (χ1v) is 10.2. The van der Waals surface area contributed by atoms with Gasteiger partial charge in [0.2, 0.25) is 0 Å². The quantitative estimate of drug-likeness (QED) is 0.262. The van der Waals surface area contributed by atoms with Crippen LogP contribution in [0.4, 0.5) is 0 Å². The third kappa shape index (κ3) is 35.5. The highest BCUT2D eigenvalue weighted by Crippen LogP contribution is 2.10. The Kier molecular flexibility index (Phi) is 26.0. The van der Waals surface area contributed by atoms with E-state index in [2.05, 4.69) is 0 Å². The molecule has 8 nitrogen and oxygen atoms in total. The molecule has 0 bridgehead atoms. The summed E-state index contributed by atoms with van der Waals surface area (Å²) < 4.78 is 0. The lowest BCUT2D eigenvalue weighted by Crippen LogP contribution is -2.24. The topological polar surface area (TPSA) is 162 Å². The summed E-state index contributed by atoms with van der Waals surface area (Å²) in [7, 11) is 0. The second-order valence-corrected chi connectivity index (χ2v) is 8.95. The van der Waals surface area contributed by atoms with Gasteiger partial charge >= 0.3 is 0 Å². The van der Waals surface area contributed by atoms with E-state index in [-0.39, 0.29) is 56.4 Å². The van der Waals surface area contributed by atoms with Crippen LogP contribution in [0.25, 0.3) is 0 Å². The van der Waals surface area contributed by atoms with E-state index < -0.39 is 11.7 Å². The average molecular weight is 431 g/mol. The lowest BCUT2D eigenvalue weighted by molar-refractivity contribution is 0.0248. The van der Waals surface area contributed by atoms with Crippen LogP contribution in [-0.2, 0) is 0 Å². The van der Waals surface area contributed by atoms with E-state index in [0.717, 1.165) is 6.42 Å². The van der Waals surface area contributed by atoms with Gasteiger partial charge in [-0.05, 0) is 27.2 Å². The summed E-state index contributed by atoms with van der Waals surface area (Å²) in [5.41, 5.74) is -1.03. The molecule has 29 heavy (non-hydrogen) atoms. The molecule has 0 aliphatic heterocycles. The largest absolute Gasteiger partial charge is 0.396 e. The fraction of sp³-hybridized carbons (Fsp3) is 1.00. The predicted octanol–water partition coefficient (Wildman–Crippen LogP) is 0.518. The van der Waals surface area contributed by atoms with Gasteiger partial charge in [-0.15, -0.1) is 0 Å². The molecular weight excluding hydrogens is 380 g/mol. The molecule has 182 valence electrons. The van der Waals surface area contributed by atoms with Gasteiger partial charge in [0, 0.05) is 43.5 Å². The van der Waals surface area contributed by atoms with Crippen molar-refractivity contribution < 1.29 is 40.9 Å². The molecule has 8 heteroatoms. The summed E-state index contributed by atoms with van der Waals surface area (Å²) >= 11 is 0. The third-order valence-electron chi connectivity index (χ3n) is 3.64. The van der Waals surface area contributed by atoms with Crippen LogP contribution in [0.1, 0.15) is 68.2 Å². The molecule has 0 aromatic carbocycles. The molecule has 0 spiro atoms. The van der Waals surface area contributed by atoms with E-state index >= 15 is 0 Å². The smallest absolute Gasteiger partial charge is 0.0616 e. The Bertz CT molecular complexity index is 298. The normalized spacial score (nSPS) is 14.4. The first kappa shape index (κ1) is 36.1. The Hall–Kier alpha value is -0.320. The standard InChI is InChI=1S/2C6H14O2.C5H12O2.C4H10O2/c1-5(7)4-6(2,3)8;1-3-6(8)5(2)4-7;1-5(2,3-6)4-7;1-4(2-5)3-6/h5,7-8H,4H2,1-3H3;5-8H,3-4H2,1-2H3;6-7H,3-4H2,1-2H3;4-6H,2-3H2,1H3. The average Bonchev–Trinajstić information content (AvgIpc) is 2.65. The molecule has 8 N–H and O–H groups in total. The van der Waals surface area contributed by atoms with E-state index in [1.165, 1.54) is 0 Å². The maximum absolute atomic E-state index is 9.03. The van der Waals surface area contributed by atoms with Crippen molar-refractivity contribution >= 4 is 0 Å². The first-order valence-electron chi connectivity index (χ1n) is 10.2. The number of rotatable bonds is 9. The molecule has 0 aromatic rings. The van der Waals surface area contributed by atoms with Crippen LogP contribution < -0.4 is 0 Å². The van der Waals surface area contributed by atoms with E-state index in [4.69, 9.17) is 40.9 Å². The van der Waals surface area contributed by atoms with Gasteiger partial charge in [-0.25, -0.2) is 0 Å². The lowest BCUT2D eigenvalue weighted by atomic mass is 9.97. The summed E-state index contributed by atoms with van der Waals surface area (Å²) in [6.07, 6.45) is 0.421. The van der Waals surface area contributed by atoms with Crippen molar-refractivity contribution in [1.29, 1.82) is 0 Å². The van der Waals surface area contributed by atoms with E-state index in [1.54, 1.807) is 41.5 Å². The van der Waals surface area contributed by atoms with Gasteiger partial charge in [-0.3, -0.25) is 0 Å². The molecule has 0 aliphatic carbocycles. The molecule has 0 saturated heterocycles. The second kappa shape index (κ2) is 20.9. The summed E-state index contributed by atoms with van der Waals surface area (Å²) in [6, 6.07) is 0. The molecule has 3 unspecified atom stereocenters. The van der Waals surface area contributed by atoms with Crippen molar-refractivity contribution in [3.63, 3.8) is 0 Å². The Labute approximate surface area is 177 Å². The minimum atomic E-state index is -0.728. The number of aliphatic hydroxyl groups excluding tert-OH is 7. The van der Waals surface area contributed by atoms with Crippen LogP contribution in [-0.4, -0.2) is 91.7 Å². The zero-order valence-corrected chi connectivity index (χ0v) is 19.8. The molecule has 0 heterocycles. The van der Waals surface area contributed by atoms with Crippen LogP contribution in [0.3, 0.4) is 0 Å². The Morgan fingerprint density at radius 1 is 0.724 bits per heavy atom. The van der Waals surface area contributed by atoms with Gasteiger partial charge in [-0.2, -0.15) is 0 Å². The number of aliphatic hydroxyl groups is 8. The van der Waals surface area contributed by atoms with Crippen LogP contribution in [0, 0.1) is 17.3 Å². The molecular formula is C21H50O8. The summed E-state index contributed by atoms with van der Waals surface area (Å²) in [5, 5.41) is 68.4. The Balaban J connectivity index is -0.000000145. The van der Waals surface area contributed by atoms with Gasteiger partial charge in [0.1, 0.15) is 0 Å². The highest BCUT2D eigenvalue weighted by molar-refractivity contribution is 4.67. The fourth-order valence-electron chi connectivity index (χ4n) is 1.35. The fourth-order valence-corrected chi connectivity index (χ4v) is 1.35. The predicted molar refractivity (Wildman–Crippen MR) is 116 cm³/mol. The van der Waals surface area contributed by atoms with Crippen LogP contribution in [0.2, 0.25) is 0 Å². The van der Waals surface area contributed by atoms with Crippen molar-refractivity contribution in [2.75, 3.05) is 33.0 Å². The van der Waals surface area contributed by atoms with E-state index in [9.17, 15) is 0 Å². The summed E-state index contributed by atoms with van der Waals surface area (Å²) in [5.74, 6) is 0.0741. The van der Waals surface area contributed by atoms with Crippen molar-refractivity contribution in [3.05, 3.63) is 0 Å². The Morgan fingerprint density at radius 2 is 1.10 bits per heavy atom. The zero-order valence-electron chi connectivity index (χ0n) is 19.8. The SMILES string of the molecule is CC(C)(CO)CO.CC(CO)CO.CC(O)CC(C)(C)O.CCC(O)C(C)CO. The molecule has 0 radical (unpaired) electrons. The third-order valence-corrected chi connectivity index (χ3v) is 3.64. The monoisotopic (exact) mass is 430 g/mol. The van der Waals surface area contributed by atoms with E-state index in [0.29, 0.717) is 6.42 Å². The van der Waals surface area contributed by atoms with Crippen molar-refractivity contribution in [3.8, 4) is 0 Å². The second-order valence-electron chi connectivity index (χ2n) is 8.95. The summed E-state index contributed by atoms with van der Waals surface area (Å²) in [4.78, 5) is 0. The van der Waals surface area contributed by atoms with Crippen LogP contribution in [0.5, 0.6) is 0 Å². The van der Waals surface area contributed by atoms with Crippen molar-refractivity contribution in [2.45, 2.75) is 86.0 Å². The molecule has 0 amide bonds. The minimum Gasteiger partial charge on any atom is -0.396 e. The first-order chi connectivity index (χ1) is 13.1. The van der Waals surface area contributed by atoms with Gasteiger partial charge in [0.05, 0.1) is 31.0 Å². The summed E-state index contributed by atoms with van der Waals surface area (Å²) in [6.45, 7) is 14.5. The molecule has 0 saturated carbocycles.